The molecule has 9 heteroatoms. The Labute approximate surface area is 184 Å². The summed E-state index contributed by atoms with van der Waals surface area (Å²) < 4.78 is 15.4. The van der Waals surface area contributed by atoms with Gasteiger partial charge in [0.25, 0.3) is 0 Å². The summed E-state index contributed by atoms with van der Waals surface area (Å²) in [5, 5.41) is 14.2. The fourth-order valence-corrected chi connectivity index (χ4v) is 3.57. The highest BCUT2D eigenvalue weighted by atomic mass is 32.2. The van der Waals surface area contributed by atoms with Gasteiger partial charge < -0.3 is 15.2 Å². The second-order valence-electron chi connectivity index (χ2n) is 6.87. The number of rotatable bonds is 9. The fraction of sp³-hybridized carbons (Fsp3) is 0.273. The molecular formula is C22H24FN5O2S. The van der Waals surface area contributed by atoms with Gasteiger partial charge in [0.15, 0.2) is 5.16 Å². The molecule has 1 heterocycles. The zero-order valence-electron chi connectivity index (χ0n) is 17.4. The van der Waals surface area contributed by atoms with Crippen LogP contribution in [0.2, 0.25) is 0 Å². The van der Waals surface area contributed by atoms with Crippen molar-refractivity contribution in [3.8, 4) is 0 Å². The van der Waals surface area contributed by atoms with Crippen molar-refractivity contribution in [1.82, 2.24) is 14.8 Å². The van der Waals surface area contributed by atoms with Gasteiger partial charge in [-0.05, 0) is 36.2 Å². The van der Waals surface area contributed by atoms with Crippen molar-refractivity contribution in [2.75, 3.05) is 16.4 Å². The third-order valence-corrected chi connectivity index (χ3v) is 5.65. The monoisotopic (exact) mass is 441 g/mol. The predicted molar refractivity (Wildman–Crippen MR) is 120 cm³/mol. The Hall–Kier alpha value is -3.20. The molecule has 162 valence electrons. The van der Waals surface area contributed by atoms with Gasteiger partial charge in [-0.15, -0.1) is 10.2 Å². The Bertz CT molecular complexity index is 1050. The number of anilines is 2. The summed E-state index contributed by atoms with van der Waals surface area (Å²) in [5.74, 6) is -0.122. The van der Waals surface area contributed by atoms with E-state index < -0.39 is 5.82 Å². The highest BCUT2D eigenvalue weighted by Crippen LogP contribution is 2.18. The highest BCUT2D eigenvalue weighted by Gasteiger charge is 2.14. The van der Waals surface area contributed by atoms with E-state index in [0.717, 1.165) is 12.1 Å². The second kappa shape index (κ2) is 10.7. The van der Waals surface area contributed by atoms with E-state index in [9.17, 15) is 14.0 Å². The molecule has 2 amide bonds. The number of amides is 2. The minimum absolute atomic E-state index is 0.136. The number of nitrogens with zero attached hydrogens (tertiary/aromatic N) is 3. The average molecular weight is 442 g/mol. The van der Waals surface area contributed by atoms with Crippen LogP contribution in [0.4, 0.5) is 15.8 Å². The number of halogens is 1. The lowest BCUT2D eigenvalue weighted by molar-refractivity contribution is -0.116. The largest absolute Gasteiger partial charge is 0.325 e. The standard InChI is InChI=1S/C22H24FN5O2S/c1-3-15-8-10-16(11-9-15)24-21(30)14-31-22-27-26-19(28(22)2)12-13-20(29)25-18-7-5-4-6-17(18)23/h4-11H,3,12-14H2,1-2H3,(H,24,30)(H,25,29). The van der Waals surface area contributed by atoms with E-state index in [4.69, 9.17) is 0 Å². The Balaban J connectivity index is 1.47. The molecule has 0 saturated heterocycles. The third-order valence-electron chi connectivity index (χ3n) is 4.63. The normalized spacial score (nSPS) is 10.7. The summed E-state index contributed by atoms with van der Waals surface area (Å²) in [6, 6.07) is 13.8. The zero-order chi connectivity index (χ0) is 22.2. The van der Waals surface area contributed by atoms with Gasteiger partial charge in [-0.1, -0.05) is 43.0 Å². The molecule has 0 aliphatic carbocycles. The minimum Gasteiger partial charge on any atom is -0.325 e. The van der Waals surface area contributed by atoms with Gasteiger partial charge in [-0.2, -0.15) is 0 Å². The maximum absolute atomic E-state index is 13.6. The van der Waals surface area contributed by atoms with E-state index in [2.05, 4.69) is 27.8 Å². The van der Waals surface area contributed by atoms with Crippen LogP contribution in [0, 0.1) is 5.82 Å². The number of benzene rings is 2. The lowest BCUT2D eigenvalue weighted by Gasteiger charge is -2.07. The number of nitrogens with one attached hydrogen (secondary N) is 2. The molecule has 0 atom stereocenters. The minimum atomic E-state index is -0.479. The number of carbonyl (C=O) groups excluding carboxylic acids is 2. The number of aromatic nitrogens is 3. The van der Waals surface area contributed by atoms with Gasteiger partial charge >= 0.3 is 0 Å². The summed E-state index contributed by atoms with van der Waals surface area (Å²) in [7, 11) is 1.79. The van der Waals surface area contributed by atoms with Crippen LogP contribution in [0.1, 0.15) is 24.7 Å². The lowest BCUT2D eigenvalue weighted by Crippen LogP contribution is -2.15. The molecule has 3 rings (SSSR count). The van der Waals surface area contributed by atoms with Gasteiger partial charge in [-0.25, -0.2) is 4.39 Å². The first-order valence-electron chi connectivity index (χ1n) is 9.90. The number of thioether (sulfide) groups is 1. The van der Waals surface area contributed by atoms with E-state index in [0.29, 0.717) is 17.4 Å². The summed E-state index contributed by atoms with van der Waals surface area (Å²) in [6.07, 6.45) is 1.43. The van der Waals surface area contributed by atoms with E-state index in [1.165, 1.54) is 29.5 Å². The van der Waals surface area contributed by atoms with Gasteiger partial charge in [-0.3, -0.25) is 9.59 Å². The van der Waals surface area contributed by atoms with Crippen molar-refractivity contribution in [1.29, 1.82) is 0 Å². The van der Waals surface area contributed by atoms with Gasteiger partial charge in [0.2, 0.25) is 11.8 Å². The molecule has 3 aromatic rings. The molecule has 0 fully saturated rings. The van der Waals surface area contributed by atoms with E-state index in [1.807, 2.05) is 24.3 Å². The number of carbonyl (C=O) groups is 2. The Morgan fingerprint density at radius 2 is 1.77 bits per heavy atom. The maximum atomic E-state index is 13.6. The first kappa shape index (κ1) is 22.5. The second-order valence-corrected chi connectivity index (χ2v) is 7.82. The van der Waals surface area contributed by atoms with Gasteiger partial charge in [0, 0.05) is 25.6 Å². The molecule has 7 nitrogen and oxygen atoms in total. The van der Waals surface area contributed by atoms with Crippen molar-refractivity contribution in [2.24, 2.45) is 7.05 Å². The summed E-state index contributed by atoms with van der Waals surface area (Å²) >= 11 is 1.27. The van der Waals surface area contributed by atoms with Crippen LogP contribution in [0.3, 0.4) is 0 Å². The first-order valence-corrected chi connectivity index (χ1v) is 10.9. The molecule has 31 heavy (non-hydrogen) atoms. The van der Waals surface area contributed by atoms with Crippen molar-refractivity contribution in [2.45, 2.75) is 31.3 Å². The highest BCUT2D eigenvalue weighted by molar-refractivity contribution is 7.99. The third kappa shape index (κ3) is 6.39. The molecule has 2 aromatic carbocycles. The molecule has 1 aromatic heterocycles. The number of hydrogen-bond acceptors (Lipinski definition) is 5. The molecule has 0 aliphatic heterocycles. The Morgan fingerprint density at radius 1 is 1.03 bits per heavy atom. The topological polar surface area (TPSA) is 88.9 Å². The van der Waals surface area contributed by atoms with Crippen LogP contribution in [-0.4, -0.2) is 32.3 Å². The molecule has 0 bridgehead atoms. The quantitative estimate of drug-likeness (QED) is 0.493. The maximum Gasteiger partial charge on any atom is 0.234 e. The number of para-hydroxylation sites is 1. The molecular weight excluding hydrogens is 417 g/mol. The summed E-state index contributed by atoms with van der Waals surface area (Å²) in [6.45, 7) is 2.08. The lowest BCUT2D eigenvalue weighted by atomic mass is 10.1. The van der Waals surface area contributed by atoms with Crippen LogP contribution in [-0.2, 0) is 29.5 Å². The molecule has 0 saturated carbocycles. The predicted octanol–water partition coefficient (Wildman–Crippen LogP) is 3.82. The fourth-order valence-electron chi connectivity index (χ4n) is 2.84. The van der Waals surface area contributed by atoms with Gasteiger partial charge in [0.1, 0.15) is 11.6 Å². The van der Waals surface area contributed by atoms with Crippen LogP contribution in [0.25, 0.3) is 0 Å². The van der Waals surface area contributed by atoms with E-state index >= 15 is 0 Å². The van der Waals surface area contributed by atoms with Crippen LogP contribution < -0.4 is 10.6 Å². The summed E-state index contributed by atoms with van der Waals surface area (Å²) in [4.78, 5) is 24.3. The molecule has 0 unspecified atom stereocenters. The SMILES string of the molecule is CCc1ccc(NC(=O)CSc2nnc(CCC(=O)Nc3ccccc3F)n2C)cc1. The smallest absolute Gasteiger partial charge is 0.234 e. The van der Waals surface area contributed by atoms with Gasteiger partial charge in [0.05, 0.1) is 11.4 Å². The van der Waals surface area contributed by atoms with Crippen molar-refractivity contribution >= 4 is 35.0 Å². The van der Waals surface area contributed by atoms with Crippen LogP contribution in [0.15, 0.2) is 53.7 Å². The van der Waals surface area contributed by atoms with E-state index in [-0.39, 0.29) is 29.7 Å². The average Bonchev–Trinajstić information content (AvgIpc) is 3.12. The zero-order valence-corrected chi connectivity index (χ0v) is 18.2. The molecule has 0 aliphatic rings. The number of hydrogen-bond donors (Lipinski definition) is 2. The first-order chi connectivity index (χ1) is 15.0. The van der Waals surface area contributed by atoms with Crippen molar-refractivity contribution in [3.05, 3.63) is 65.7 Å². The molecule has 0 radical (unpaired) electrons. The summed E-state index contributed by atoms with van der Waals surface area (Å²) in [5.41, 5.74) is 2.11. The molecule has 2 N–H and O–H groups in total. The molecule has 0 spiro atoms. The van der Waals surface area contributed by atoms with Crippen molar-refractivity contribution in [3.63, 3.8) is 0 Å². The number of aryl methyl sites for hydroxylation is 2. The Morgan fingerprint density at radius 3 is 2.48 bits per heavy atom. The van der Waals surface area contributed by atoms with Crippen molar-refractivity contribution < 1.29 is 14.0 Å². The Kier molecular flexibility index (Phi) is 7.77. The van der Waals surface area contributed by atoms with Crippen LogP contribution in [0.5, 0.6) is 0 Å². The van der Waals surface area contributed by atoms with E-state index in [1.54, 1.807) is 23.7 Å². The van der Waals surface area contributed by atoms with Crippen LogP contribution >= 0.6 is 11.8 Å².